The van der Waals surface area contributed by atoms with Crippen LogP contribution in [0.4, 0.5) is 5.69 Å². The molecule has 0 aliphatic heterocycles. The molecule has 0 saturated carbocycles. The molecule has 7 nitrogen and oxygen atoms in total. The molecule has 192 valence electrons. The highest BCUT2D eigenvalue weighted by molar-refractivity contribution is 7.92. The monoisotopic (exact) mass is 541 g/mol. The van der Waals surface area contributed by atoms with Crippen LogP contribution in [0, 0.1) is 0 Å². The number of aryl methyl sites for hydroxylation is 1. The Kier molecular flexibility index (Phi) is 10.9. The number of sulfonamides is 1. The van der Waals surface area contributed by atoms with Crippen LogP contribution in [0.1, 0.15) is 44.2 Å². The van der Waals surface area contributed by atoms with Gasteiger partial charge in [-0.05, 0) is 49.1 Å². The van der Waals surface area contributed by atoms with Gasteiger partial charge in [-0.25, -0.2) is 8.42 Å². The summed E-state index contributed by atoms with van der Waals surface area (Å²) in [6.07, 6.45) is 2.72. The number of benzene rings is 2. The van der Waals surface area contributed by atoms with Gasteiger partial charge in [0.1, 0.15) is 6.04 Å². The smallest absolute Gasteiger partial charge is 0.242 e. The van der Waals surface area contributed by atoms with E-state index >= 15 is 0 Å². The first-order valence-corrected chi connectivity index (χ1v) is 14.1. The lowest BCUT2D eigenvalue weighted by Gasteiger charge is -2.31. The quantitative estimate of drug-likeness (QED) is 0.423. The second-order valence-corrected chi connectivity index (χ2v) is 10.9. The molecule has 0 aromatic heterocycles. The number of nitrogens with one attached hydrogen (secondary N) is 1. The highest BCUT2D eigenvalue weighted by Gasteiger charge is 2.29. The van der Waals surface area contributed by atoms with E-state index in [9.17, 15) is 18.0 Å². The van der Waals surface area contributed by atoms with Crippen LogP contribution in [0.3, 0.4) is 0 Å². The number of carbonyl (C=O) groups excluding carboxylic acids is 2. The first-order valence-electron chi connectivity index (χ1n) is 11.5. The maximum Gasteiger partial charge on any atom is 0.242 e. The average Bonchev–Trinajstić information content (AvgIpc) is 2.82. The van der Waals surface area contributed by atoms with Gasteiger partial charge in [0.25, 0.3) is 0 Å². The van der Waals surface area contributed by atoms with Crippen LogP contribution in [-0.4, -0.2) is 51.0 Å². The van der Waals surface area contributed by atoms with Crippen molar-refractivity contribution in [3.63, 3.8) is 0 Å². The molecule has 2 aromatic carbocycles. The highest BCUT2D eigenvalue weighted by atomic mass is 35.5. The van der Waals surface area contributed by atoms with E-state index in [-0.39, 0.29) is 37.7 Å². The van der Waals surface area contributed by atoms with Crippen molar-refractivity contribution in [2.75, 3.05) is 24.2 Å². The Labute approximate surface area is 218 Å². The van der Waals surface area contributed by atoms with Crippen LogP contribution in [0.2, 0.25) is 10.0 Å². The summed E-state index contributed by atoms with van der Waals surface area (Å²) in [6, 6.07) is 11.7. The number of nitrogens with zero attached hydrogens (tertiary/aromatic N) is 2. The highest BCUT2D eigenvalue weighted by Crippen LogP contribution is 2.27. The van der Waals surface area contributed by atoms with Gasteiger partial charge < -0.3 is 10.2 Å². The van der Waals surface area contributed by atoms with Crippen molar-refractivity contribution in [3.8, 4) is 0 Å². The van der Waals surface area contributed by atoms with Gasteiger partial charge >= 0.3 is 0 Å². The molecule has 2 rings (SSSR count). The SMILES string of the molecule is CCc1ccc(N(CCCC(=O)N(Cc2c(Cl)cccc2Cl)C(CC)C(=O)NC)S(C)(=O)=O)cc1. The van der Waals surface area contributed by atoms with Gasteiger partial charge in [-0.3, -0.25) is 13.9 Å². The van der Waals surface area contributed by atoms with Crippen molar-refractivity contribution in [3.05, 3.63) is 63.6 Å². The Morgan fingerprint density at radius 2 is 1.63 bits per heavy atom. The minimum absolute atomic E-state index is 0.0502. The van der Waals surface area contributed by atoms with Gasteiger partial charge in [0.15, 0.2) is 0 Å². The van der Waals surface area contributed by atoms with Crippen molar-refractivity contribution in [2.24, 2.45) is 0 Å². The number of hydrogen-bond donors (Lipinski definition) is 1. The number of hydrogen-bond acceptors (Lipinski definition) is 4. The van der Waals surface area contributed by atoms with Gasteiger partial charge in [0.2, 0.25) is 21.8 Å². The maximum absolute atomic E-state index is 13.3. The molecule has 0 aliphatic rings. The van der Waals surface area contributed by atoms with Crippen LogP contribution in [-0.2, 0) is 32.6 Å². The second-order valence-electron chi connectivity index (χ2n) is 8.22. The van der Waals surface area contributed by atoms with Crippen LogP contribution in [0.15, 0.2) is 42.5 Å². The summed E-state index contributed by atoms with van der Waals surface area (Å²) >= 11 is 12.7. The third-order valence-corrected chi connectivity index (χ3v) is 7.71. The van der Waals surface area contributed by atoms with Crippen LogP contribution < -0.4 is 9.62 Å². The van der Waals surface area contributed by atoms with Crippen molar-refractivity contribution >= 4 is 50.7 Å². The lowest BCUT2D eigenvalue weighted by molar-refractivity contribution is -0.141. The first-order chi connectivity index (χ1) is 16.5. The van der Waals surface area contributed by atoms with E-state index in [1.165, 1.54) is 16.3 Å². The lowest BCUT2D eigenvalue weighted by atomic mass is 10.1. The standard InChI is InChI=1S/C25H33Cl2N3O4S/c1-5-18-12-14-19(15-13-18)30(35(4,33)34)16-8-11-24(31)29(23(6-2)25(32)28-3)17-20-21(26)9-7-10-22(20)27/h7,9-10,12-15,23H,5-6,8,11,16-17H2,1-4H3,(H,28,32). The molecule has 0 saturated heterocycles. The fraction of sp³-hybridized carbons (Fsp3) is 0.440. The Morgan fingerprint density at radius 1 is 1.03 bits per heavy atom. The summed E-state index contributed by atoms with van der Waals surface area (Å²) in [6.45, 7) is 4.05. The van der Waals surface area contributed by atoms with Gasteiger partial charge in [-0.2, -0.15) is 0 Å². The molecule has 35 heavy (non-hydrogen) atoms. The number of rotatable bonds is 12. The number of anilines is 1. The topological polar surface area (TPSA) is 86.8 Å². The molecule has 0 heterocycles. The third kappa shape index (κ3) is 7.85. The Bertz CT molecular complexity index is 1100. The zero-order valence-corrected chi connectivity index (χ0v) is 22.9. The van der Waals surface area contributed by atoms with Gasteiger partial charge in [0, 0.05) is 42.2 Å². The fourth-order valence-electron chi connectivity index (χ4n) is 3.84. The predicted octanol–water partition coefficient (Wildman–Crippen LogP) is 4.66. The fourth-order valence-corrected chi connectivity index (χ4v) is 5.32. The Balaban J connectivity index is 2.23. The molecule has 2 amide bonds. The molecular formula is C25H33Cl2N3O4S. The Morgan fingerprint density at radius 3 is 2.11 bits per heavy atom. The lowest BCUT2D eigenvalue weighted by Crippen LogP contribution is -2.48. The molecule has 2 aromatic rings. The van der Waals surface area contributed by atoms with Crippen molar-refractivity contribution in [1.82, 2.24) is 10.2 Å². The zero-order chi connectivity index (χ0) is 26.2. The molecule has 1 atom stereocenters. The summed E-state index contributed by atoms with van der Waals surface area (Å²) < 4.78 is 26.2. The normalized spacial score (nSPS) is 12.2. The van der Waals surface area contributed by atoms with Crippen molar-refractivity contribution in [2.45, 2.75) is 52.1 Å². The number of amides is 2. The van der Waals surface area contributed by atoms with E-state index in [0.29, 0.717) is 27.7 Å². The molecule has 1 N–H and O–H groups in total. The minimum atomic E-state index is -3.54. The zero-order valence-electron chi connectivity index (χ0n) is 20.6. The van der Waals surface area contributed by atoms with E-state index < -0.39 is 16.1 Å². The summed E-state index contributed by atoms with van der Waals surface area (Å²) in [4.78, 5) is 27.3. The van der Waals surface area contributed by atoms with E-state index in [4.69, 9.17) is 23.2 Å². The van der Waals surface area contributed by atoms with Crippen LogP contribution in [0.5, 0.6) is 0 Å². The molecule has 0 spiro atoms. The van der Waals surface area contributed by atoms with Gasteiger partial charge in [-0.15, -0.1) is 0 Å². The largest absolute Gasteiger partial charge is 0.357 e. The van der Waals surface area contributed by atoms with E-state index in [1.54, 1.807) is 30.3 Å². The van der Waals surface area contributed by atoms with E-state index in [1.807, 2.05) is 26.0 Å². The van der Waals surface area contributed by atoms with Gasteiger partial charge in [0.05, 0.1) is 11.9 Å². The molecule has 1 unspecified atom stereocenters. The second kappa shape index (κ2) is 13.1. The molecule has 0 bridgehead atoms. The molecule has 0 fully saturated rings. The predicted molar refractivity (Wildman–Crippen MR) is 142 cm³/mol. The summed E-state index contributed by atoms with van der Waals surface area (Å²) in [5.74, 6) is -0.580. The van der Waals surface area contributed by atoms with E-state index in [2.05, 4.69) is 5.32 Å². The van der Waals surface area contributed by atoms with Gasteiger partial charge in [-0.1, -0.05) is 55.2 Å². The minimum Gasteiger partial charge on any atom is -0.357 e. The number of halogens is 2. The molecule has 0 radical (unpaired) electrons. The summed E-state index contributed by atoms with van der Waals surface area (Å²) in [5.41, 5.74) is 2.21. The van der Waals surface area contributed by atoms with Crippen molar-refractivity contribution < 1.29 is 18.0 Å². The average molecular weight is 543 g/mol. The summed E-state index contributed by atoms with van der Waals surface area (Å²) in [7, 11) is -2.03. The molecule has 10 heteroatoms. The van der Waals surface area contributed by atoms with Crippen LogP contribution >= 0.6 is 23.2 Å². The third-order valence-electron chi connectivity index (χ3n) is 5.81. The number of likely N-dealkylation sites (N-methyl/N-ethyl adjacent to an activating group) is 1. The Hall–Kier alpha value is -2.29. The summed E-state index contributed by atoms with van der Waals surface area (Å²) in [5, 5.41) is 3.41. The first kappa shape index (κ1) is 28.9. The van der Waals surface area contributed by atoms with Crippen LogP contribution in [0.25, 0.3) is 0 Å². The number of carbonyl (C=O) groups is 2. The van der Waals surface area contributed by atoms with E-state index in [0.717, 1.165) is 18.2 Å². The molecule has 0 aliphatic carbocycles. The van der Waals surface area contributed by atoms with Crippen molar-refractivity contribution in [1.29, 1.82) is 0 Å². The maximum atomic E-state index is 13.3. The molecular weight excluding hydrogens is 509 g/mol.